The standard InChI is InChI=1S/C28H32FN7O3/c1-15-12-36(13-16(2)31-15)24-7-6-21(26-22(24)11-30-28(33-26)39-20-5-4-19(37)10-20)27(38)32-18-8-17-14-35(3)34-25(17)23(29)9-18/h6-9,11,14-16,19-20,31,37H,4-5,10,12-13H2,1-3H3,(H,32,38)/t15-,16-,19-,20+/m0/s1. The second kappa shape index (κ2) is 10.0. The molecule has 204 valence electrons. The van der Waals surface area contributed by atoms with Crippen LogP contribution in [0.3, 0.4) is 0 Å². The third-order valence-electron chi connectivity index (χ3n) is 7.41. The summed E-state index contributed by atoms with van der Waals surface area (Å²) in [6.07, 6.45) is 4.74. The number of piperazine rings is 1. The Morgan fingerprint density at radius 3 is 2.72 bits per heavy atom. The van der Waals surface area contributed by atoms with Gasteiger partial charge in [-0.25, -0.2) is 9.37 Å². The molecule has 4 atom stereocenters. The fourth-order valence-corrected chi connectivity index (χ4v) is 5.78. The van der Waals surface area contributed by atoms with Gasteiger partial charge in [0.1, 0.15) is 11.6 Å². The zero-order valence-electron chi connectivity index (χ0n) is 22.2. The Morgan fingerprint density at radius 2 is 1.97 bits per heavy atom. The first-order valence-electron chi connectivity index (χ1n) is 13.3. The molecule has 39 heavy (non-hydrogen) atoms. The molecule has 11 heteroatoms. The number of rotatable bonds is 5. The van der Waals surface area contributed by atoms with Crippen LogP contribution < -0.4 is 20.3 Å². The van der Waals surface area contributed by atoms with Crippen molar-refractivity contribution in [2.24, 2.45) is 7.05 Å². The van der Waals surface area contributed by atoms with Crippen molar-refractivity contribution in [2.75, 3.05) is 23.3 Å². The highest BCUT2D eigenvalue weighted by Crippen LogP contribution is 2.32. The first kappa shape index (κ1) is 25.4. The number of hydrogen-bond donors (Lipinski definition) is 3. The van der Waals surface area contributed by atoms with Crippen LogP contribution in [-0.4, -0.2) is 68.1 Å². The number of aliphatic hydroxyl groups is 1. The van der Waals surface area contributed by atoms with Crippen molar-refractivity contribution in [3.05, 3.63) is 48.0 Å². The number of carbonyl (C=O) groups excluding carboxylic acids is 1. The first-order valence-corrected chi connectivity index (χ1v) is 13.3. The second-order valence-corrected chi connectivity index (χ2v) is 10.8. The van der Waals surface area contributed by atoms with Crippen LogP contribution in [-0.2, 0) is 7.05 Å². The summed E-state index contributed by atoms with van der Waals surface area (Å²) in [7, 11) is 1.72. The maximum Gasteiger partial charge on any atom is 0.317 e. The van der Waals surface area contributed by atoms with E-state index in [0.717, 1.165) is 30.6 Å². The van der Waals surface area contributed by atoms with E-state index in [4.69, 9.17) is 4.74 Å². The highest BCUT2D eigenvalue weighted by atomic mass is 19.1. The van der Waals surface area contributed by atoms with E-state index in [1.165, 1.54) is 10.7 Å². The number of nitrogens with one attached hydrogen (secondary N) is 2. The quantitative estimate of drug-likeness (QED) is 0.358. The number of fused-ring (bicyclic) bond motifs is 2. The zero-order valence-corrected chi connectivity index (χ0v) is 22.2. The van der Waals surface area contributed by atoms with Crippen molar-refractivity contribution in [1.29, 1.82) is 0 Å². The van der Waals surface area contributed by atoms with Crippen LogP contribution in [0, 0.1) is 5.82 Å². The van der Waals surface area contributed by atoms with Gasteiger partial charge in [0.15, 0.2) is 5.82 Å². The normalized spacial score (nSPS) is 23.5. The number of aromatic nitrogens is 4. The molecule has 2 aromatic heterocycles. The van der Waals surface area contributed by atoms with Gasteiger partial charge >= 0.3 is 6.01 Å². The number of halogens is 1. The number of benzene rings is 2. The first-order chi connectivity index (χ1) is 18.7. The summed E-state index contributed by atoms with van der Waals surface area (Å²) < 4.78 is 22.2. The molecule has 1 amide bonds. The summed E-state index contributed by atoms with van der Waals surface area (Å²) in [4.78, 5) is 25.0. The molecule has 10 nitrogen and oxygen atoms in total. The molecule has 1 saturated heterocycles. The van der Waals surface area contributed by atoms with E-state index >= 15 is 0 Å². The minimum Gasteiger partial charge on any atom is -0.460 e. The van der Waals surface area contributed by atoms with Gasteiger partial charge in [0.05, 0.1) is 17.2 Å². The lowest BCUT2D eigenvalue weighted by Gasteiger charge is -2.38. The largest absolute Gasteiger partial charge is 0.460 e. The van der Waals surface area contributed by atoms with E-state index < -0.39 is 17.8 Å². The average molecular weight is 534 g/mol. The van der Waals surface area contributed by atoms with Crippen molar-refractivity contribution in [2.45, 2.75) is 57.4 Å². The predicted octanol–water partition coefficient (Wildman–Crippen LogP) is 3.39. The Morgan fingerprint density at radius 1 is 1.18 bits per heavy atom. The van der Waals surface area contributed by atoms with Gasteiger partial charge in [-0.2, -0.15) is 10.1 Å². The van der Waals surface area contributed by atoms with Crippen LogP contribution in [0.5, 0.6) is 6.01 Å². The summed E-state index contributed by atoms with van der Waals surface area (Å²) >= 11 is 0. The van der Waals surface area contributed by atoms with Crippen molar-refractivity contribution in [3.63, 3.8) is 0 Å². The van der Waals surface area contributed by atoms with E-state index in [9.17, 15) is 14.3 Å². The lowest BCUT2D eigenvalue weighted by Crippen LogP contribution is -2.54. The van der Waals surface area contributed by atoms with Gasteiger partial charge in [-0.1, -0.05) is 0 Å². The van der Waals surface area contributed by atoms with Gasteiger partial charge in [-0.05, 0) is 51.0 Å². The van der Waals surface area contributed by atoms with Crippen LogP contribution in [0.25, 0.3) is 21.8 Å². The number of anilines is 2. The second-order valence-electron chi connectivity index (χ2n) is 10.8. The van der Waals surface area contributed by atoms with E-state index in [1.807, 2.05) is 6.07 Å². The molecule has 0 bridgehead atoms. The lowest BCUT2D eigenvalue weighted by molar-refractivity contribution is 0.102. The van der Waals surface area contributed by atoms with Crippen LogP contribution in [0.4, 0.5) is 15.8 Å². The van der Waals surface area contributed by atoms with Crippen molar-refractivity contribution < 1.29 is 19.0 Å². The number of aryl methyl sites for hydroxylation is 1. The number of hydrogen-bond acceptors (Lipinski definition) is 8. The van der Waals surface area contributed by atoms with E-state index in [2.05, 4.69) is 44.4 Å². The molecule has 1 saturated carbocycles. The average Bonchev–Trinajstić information content (AvgIpc) is 3.47. The molecule has 1 aliphatic heterocycles. The Hall–Kier alpha value is -3.83. The van der Waals surface area contributed by atoms with Gasteiger partial charge in [0.25, 0.3) is 5.91 Å². The van der Waals surface area contributed by atoms with Crippen LogP contribution in [0.15, 0.2) is 36.7 Å². The van der Waals surface area contributed by atoms with E-state index in [0.29, 0.717) is 47.1 Å². The van der Waals surface area contributed by atoms with Gasteiger partial charge in [-0.3, -0.25) is 9.48 Å². The van der Waals surface area contributed by atoms with E-state index in [1.54, 1.807) is 31.6 Å². The Labute approximate surface area is 225 Å². The summed E-state index contributed by atoms with van der Waals surface area (Å²) in [5.41, 5.74) is 2.29. The summed E-state index contributed by atoms with van der Waals surface area (Å²) in [6.45, 7) is 5.88. The van der Waals surface area contributed by atoms with Gasteiger partial charge in [0.2, 0.25) is 0 Å². The summed E-state index contributed by atoms with van der Waals surface area (Å²) in [6, 6.07) is 7.38. The number of aliphatic hydroxyl groups excluding tert-OH is 1. The van der Waals surface area contributed by atoms with Gasteiger partial charge in [-0.15, -0.1) is 0 Å². The maximum absolute atomic E-state index is 14.7. The summed E-state index contributed by atoms with van der Waals surface area (Å²) in [5, 5.41) is 21.7. The Balaban J connectivity index is 1.38. The van der Waals surface area contributed by atoms with E-state index in [-0.39, 0.29) is 17.6 Å². The monoisotopic (exact) mass is 533 g/mol. The van der Waals surface area contributed by atoms with Crippen LogP contribution in [0.2, 0.25) is 0 Å². The number of ether oxygens (including phenoxy) is 1. The third-order valence-corrected chi connectivity index (χ3v) is 7.41. The predicted molar refractivity (Wildman–Crippen MR) is 147 cm³/mol. The van der Waals surface area contributed by atoms with Crippen LogP contribution >= 0.6 is 0 Å². The fourth-order valence-electron chi connectivity index (χ4n) is 5.78. The molecule has 4 aromatic rings. The molecule has 3 N–H and O–H groups in total. The molecule has 2 fully saturated rings. The molecular formula is C28H32FN7O3. The highest BCUT2D eigenvalue weighted by Gasteiger charge is 2.27. The molecule has 0 radical (unpaired) electrons. The third kappa shape index (κ3) is 5.11. The molecule has 2 aliphatic rings. The molecule has 2 aromatic carbocycles. The number of amides is 1. The number of nitrogens with zero attached hydrogens (tertiary/aromatic N) is 5. The van der Waals surface area contributed by atoms with Crippen molar-refractivity contribution in [3.8, 4) is 6.01 Å². The molecule has 3 heterocycles. The van der Waals surface area contributed by atoms with Crippen molar-refractivity contribution in [1.82, 2.24) is 25.1 Å². The lowest BCUT2D eigenvalue weighted by atomic mass is 10.0. The molecular weight excluding hydrogens is 501 g/mol. The fraction of sp³-hybridized carbons (Fsp3) is 0.429. The molecule has 0 unspecified atom stereocenters. The zero-order chi connectivity index (χ0) is 27.3. The molecule has 6 rings (SSSR count). The highest BCUT2D eigenvalue weighted by molar-refractivity contribution is 6.14. The van der Waals surface area contributed by atoms with Crippen molar-refractivity contribution >= 4 is 39.1 Å². The minimum atomic E-state index is -0.512. The summed E-state index contributed by atoms with van der Waals surface area (Å²) in [5.74, 6) is -0.931. The molecule has 1 aliphatic carbocycles. The SMILES string of the molecule is C[C@H]1CN(c2ccc(C(=O)Nc3cc(F)c4nn(C)cc4c3)c3nc(O[C@@H]4CC[C@H](O)C4)ncc23)C[C@H](C)N1. The van der Waals surface area contributed by atoms with Gasteiger partial charge in [0, 0.05) is 73.2 Å². The Kier molecular flexibility index (Phi) is 6.56. The van der Waals surface area contributed by atoms with Gasteiger partial charge < -0.3 is 25.4 Å². The Bertz CT molecular complexity index is 1550. The number of carbonyl (C=O) groups is 1. The van der Waals surface area contributed by atoms with Crippen LogP contribution in [0.1, 0.15) is 43.5 Å². The minimum absolute atomic E-state index is 0.165. The smallest absolute Gasteiger partial charge is 0.317 e. The maximum atomic E-state index is 14.7. The molecule has 0 spiro atoms. The topological polar surface area (TPSA) is 117 Å².